The van der Waals surface area contributed by atoms with Crippen molar-refractivity contribution in [2.75, 3.05) is 39.6 Å². The van der Waals surface area contributed by atoms with E-state index in [1.807, 2.05) is 47.6 Å². The van der Waals surface area contributed by atoms with Gasteiger partial charge in [-0.25, -0.2) is 0 Å². The van der Waals surface area contributed by atoms with Gasteiger partial charge in [0, 0.05) is 24.5 Å². The van der Waals surface area contributed by atoms with Gasteiger partial charge < -0.3 is 19.7 Å². The molecule has 0 unspecified atom stereocenters. The molecule has 1 saturated heterocycles. The van der Waals surface area contributed by atoms with E-state index in [1.54, 1.807) is 31.0 Å². The molecule has 1 atom stereocenters. The van der Waals surface area contributed by atoms with Crippen molar-refractivity contribution in [3.8, 4) is 11.5 Å². The highest BCUT2D eigenvalue weighted by Gasteiger charge is 2.26. The van der Waals surface area contributed by atoms with E-state index in [2.05, 4.69) is 5.32 Å². The first-order valence-corrected chi connectivity index (χ1v) is 11.3. The third-order valence-corrected chi connectivity index (χ3v) is 5.96. The Labute approximate surface area is 181 Å². The van der Waals surface area contributed by atoms with Crippen LogP contribution in [0.1, 0.15) is 23.2 Å². The molecule has 0 aliphatic carbocycles. The zero-order valence-electron chi connectivity index (χ0n) is 17.4. The van der Waals surface area contributed by atoms with Gasteiger partial charge in [0.2, 0.25) is 0 Å². The fourth-order valence-electron chi connectivity index (χ4n) is 3.60. The van der Waals surface area contributed by atoms with Crippen LogP contribution in [0.25, 0.3) is 0 Å². The molecule has 0 radical (unpaired) electrons. The van der Waals surface area contributed by atoms with Gasteiger partial charge in [0.05, 0.1) is 12.7 Å². The highest BCUT2D eigenvalue weighted by molar-refractivity contribution is 7.98. The number of para-hydroxylation sites is 2. The summed E-state index contributed by atoms with van der Waals surface area (Å²) in [5.41, 5.74) is 0.750. The van der Waals surface area contributed by atoms with Crippen LogP contribution >= 0.6 is 11.8 Å². The monoisotopic (exact) mass is 428 g/mol. The molecule has 3 rings (SSSR count). The van der Waals surface area contributed by atoms with Gasteiger partial charge >= 0.3 is 0 Å². The molecule has 1 N–H and O–H groups in total. The number of likely N-dealkylation sites (tertiary alicyclic amines) is 1. The Morgan fingerprint density at radius 1 is 1.13 bits per heavy atom. The van der Waals surface area contributed by atoms with E-state index >= 15 is 0 Å². The fourth-order valence-corrected chi connectivity index (χ4v) is 4.19. The minimum absolute atomic E-state index is 0.0653. The van der Waals surface area contributed by atoms with Crippen molar-refractivity contribution in [3.63, 3.8) is 0 Å². The zero-order valence-corrected chi connectivity index (χ0v) is 18.2. The lowest BCUT2D eigenvalue weighted by Gasteiger charge is -2.33. The molecule has 6 nitrogen and oxygen atoms in total. The van der Waals surface area contributed by atoms with Gasteiger partial charge in [-0.3, -0.25) is 9.59 Å². The molecule has 0 saturated carbocycles. The maximum Gasteiger partial charge on any atom is 0.257 e. The highest BCUT2D eigenvalue weighted by Crippen LogP contribution is 2.26. The van der Waals surface area contributed by atoms with Crippen LogP contribution in [0.3, 0.4) is 0 Å². The number of methoxy groups -OCH3 is 1. The van der Waals surface area contributed by atoms with Crippen LogP contribution in [-0.4, -0.2) is 56.3 Å². The van der Waals surface area contributed by atoms with Gasteiger partial charge in [0.25, 0.3) is 11.8 Å². The van der Waals surface area contributed by atoms with E-state index in [0.717, 1.165) is 29.8 Å². The molecule has 2 amide bonds. The third kappa shape index (κ3) is 5.69. The molecule has 1 aliphatic heterocycles. The average Bonchev–Trinajstić information content (AvgIpc) is 2.81. The van der Waals surface area contributed by atoms with Gasteiger partial charge in [0.1, 0.15) is 0 Å². The molecule has 7 heteroatoms. The minimum Gasteiger partial charge on any atom is -0.493 e. The van der Waals surface area contributed by atoms with Gasteiger partial charge in [-0.15, -0.1) is 11.8 Å². The molecule has 30 heavy (non-hydrogen) atoms. The summed E-state index contributed by atoms with van der Waals surface area (Å²) in [5.74, 6) is 1.25. The predicted octanol–water partition coefficient (Wildman–Crippen LogP) is 3.46. The van der Waals surface area contributed by atoms with Crippen LogP contribution in [-0.2, 0) is 4.79 Å². The lowest BCUT2D eigenvalue weighted by molar-refractivity contribution is -0.123. The summed E-state index contributed by atoms with van der Waals surface area (Å²) in [6.45, 7) is 1.86. The van der Waals surface area contributed by atoms with Crippen LogP contribution in [0.4, 0.5) is 0 Å². The molecule has 2 aromatic rings. The van der Waals surface area contributed by atoms with Crippen molar-refractivity contribution < 1.29 is 19.1 Å². The minimum atomic E-state index is -0.183. The summed E-state index contributed by atoms with van der Waals surface area (Å²) in [4.78, 5) is 28.1. The largest absolute Gasteiger partial charge is 0.493 e. The van der Waals surface area contributed by atoms with Gasteiger partial charge in [-0.05, 0) is 49.3 Å². The summed E-state index contributed by atoms with van der Waals surface area (Å²) < 4.78 is 10.8. The van der Waals surface area contributed by atoms with E-state index in [4.69, 9.17) is 9.47 Å². The Balaban J connectivity index is 1.49. The first-order chi connectivity index (χ1) is 14.6. The van der Waals surface area contributed by atoms with Crippen LogP contribution < -0.4 is 14.8 Å². The number of nitrogens with one attached hydrogen (secondary N) is 1. The average molecular weight is 429 g/mol. The molecular formula is C23H28N2O4S. The number of nitrogens with zero attached hydrogens (tertiary/aromatic N) is 1. The van der Waals surface area contributed by atoms with E-state index in [9.17, 15) is 9.59 Å². The van der Waals surface area contributed by atoms with Crippen molar-refractivity contribution in [3.05, 3.63) is 54.1 Å². The van der Waals surface area contributed by atoms with Crippen LogP contribution in [0, 0.1) is 5.92 Å². The topological polar surface area (TPSA) is 67.9 Å². The standard InChI is InChI=1S/C23H28N2O4S/c1-28-19-10-4-5-11-20(19)29-16-22(26)24-14-17-8-7-13-25(15-17)23(27)18-9-3-6-12-21(18)30-2/h3-6,9-12,17H,7-8,13-16H2,1-2H3,(H,24,26)/t17-/m0/s1. The molecule has 1 aliphatic rings. The van der Waals surface area contributed by atoms with Crippen LogP contribution in [0.15, 0.2) is 53.4 Å². The molecule has 1 fully saturated rings. The number of carbonyl (C=O) groups excluding carboxylic acids is 2. The summed E-state index contributed by atoms with van der Waals surface area (Å²) in [7, 11) is 1.57. The molecule has 2 aromatic carbocycles. The highest BCUT2D eigenvalue weighted by atomic mass is 32.2. The van der Waals surface area contributed by atoms with Crippen molar-refractivity contribution in [2.24, 2.45) is 5.92 Å². The summed E-state index contributed by atoms with van der Waals surface area (Å²) in [6, 6.07) is 14.9. The van der Waals surface area contributed by atoms with E-state index in [1.165, 1.54) is 0 Å². The molecule has 0 spiro atoms. The van der Waals surface area contributed by atoms with Crippen molar-refractivity contribution in [2.45, 2.75) is 17.7 Å². The lowest BCUT2D eigenvalue weighted by atomic mass is 9.97. The molecular weight excluding hydrogens is 400 g/mol. The van der Waals surface area contributed by atoms with Crippen molar-refractivity contribution in [1.82, 2.24) is 10.2 Å². The smallest absolute Gasteiger partial charge is 0.257 e. The van der Waals surface area contributed by atoms with Gasteiger partial charge in [-0.2, -0.15) is 0 Å². The number of amides is 2. The maximum atomic E-state index is 13.0. The maximum absolute atomic E-state index is 13.0. The van der Waals surface area contributed by atoms with Crippen molar-refractivity contribution in [1.29, 1.82) is 0 Å². The summed E-state index contributed by atoms with van der Waals surface area (Å²) >= 11 is 1.58. The normalized spacial score (nSPS) is 16.1. The Morgan fingerprint density at radius 3 is 2.63 bits per heavy atom. The van der Waals surface area contributed by atoms with Crippen molar-refractivity contribution >= 4 is 23.6 Å². The predicted molar refractivity (Wildman–Crippen MR) is 118 cm³/mol. The number of rotatable bonds is 8. The Kier molecular flexibility index (Phi) is 8.02. The molecule has 160 valence electrons. The number of carbonyl (C=O) groups is 2. The zero-order chi connectivity index (χ0) is 21.3. The summed E-state index contributed by atoms with van der Waals surface area (Å²) in [6.07, 6.45) is 3.90. The summed E-state index contributed by atoms with van der Waals surface area (Å²) in [5, 5.41) is 2.94. The van der Waals surface area contributed by atoms with Gasteiger partial charge in [0.15, 0.2) is 18.1 Å². The lowest BCUT2D eigenvalue weighted by Crippen LogP contribution is -2.44. The number of piperidine rings is 1. The molecule has 1 heterocycles. The first kappa shape index (κ1) is 22.0. The quantitative estimate of drug-likeness (QED) is 0.652. The SMILES string of the molecule is COc1ccccc1OCC(=O)NC[C@@H]1CCCN(C(=O)c2ccccc2SC)C1. The number of benzene rings is 2. The third-order valence-electron chi connectivity index (χ3n) is 5.16. The number of thioether (sulfide) groups is 1. The van der Waals surface area contributed by atoms with Crippen LogP contribution in [0.2, 0.25) is 0 Å². The number of hydrogen-bond acceptors (Lipinski definition) is 5. The Hall–Kier alpha value is -2.67. The first-order valence-electron chi connectivity index (χ1n) is 10.1. The molecule has 0 aromatic heterocycles. The number of ether oxygens (including phenoxy) is 2. The Morgan fingerprint density at radius 2 is 1.87 bits per heavy atom. The van der Waals surface area contributed by atoms with E-state index in [0.29, 0.717) is 24.6 Å². The number of hydrogen-bond donors (Lipinski definition) is 1. The molecule has 0 bridgehead atoms. The fraction of sp³-hybridized carbons (Fsp3) is 0.391. The van der Waals surface area contributed by atoms with Crippen LogP contribution in [0.5, 0.6) is 11.5 Å². The second kappa shape index (κ2) is 10.9. The van der Waals surface area contributed by atoms with E-state index < -0.39 is 0 Å². The second-order valence-corrected chi connectivity index (χ2v) is 8.05. The van der Waals surface area contributed by atoms with E-state index in [-0.39, 0.29) is 24.3 Å². The van der Waals surface area contributed by atoms with Gasteiger partial charge in [-0.1, -0.05) is 24.3 Å². The Bertz CT molecular complexity index is 874. The second-order valence-electron chi connectivity index (χ2n) is 7.20.